The molecule has 0 saturated heterocycles. The van der Waals surface area contributed by atoms with Crippen LogP contribution in [0.15, 0.2) is 18.2 Å². The number of benzene rings is 1. The number of nitrogens with zero attached hydrogens (tertiary/aromatic N) is 1. The van der Waals surface area contributed by atoms with E-state index >= 15 is 0 Å². The molecule has 0 atom stereocenters. The van der Waals surface area contributed by atoms with Crippen LogP contribution in [0.3, 0.4) is 0 Å². The molecule has 2 N–H and O–H groups in total. The minimum atomic E-state index is 0.544. The molecule has 1 aromatic rings. The van der Waals surface area contributed by atoms with Crippen LogP contribution in [0.25, 0.3) is 0 Å². The van der Waals surface area contributed by atoms with Gasteiger partial charge in [0.15, 0.2) is 11.5 Å². The summed E-state index contributed by atoms with van der Waals surface area (Å²) >= 11 is 0. The Hall–Kier alpha value is -1.73. The van der Waals surface area contributed by atoms with Crippen molar-refractivity contribution in [2.45, 2.75) is 13.3 Å². The number of rotatable bonds is 6. The number of hydrogen-bond donors (Lipinski definition) is 1. The van der Waals surface area contributed by atoms with E-state index in [9.17, 15) is 0 Å². The van der Waals surface area contributed by atoms with E-state index in [4.69, 9.17) is 20.5 Å². The van der Waals surface area contributed by atoms with Gasteiger partial charge in [-0.2, -0.15) is 5.26 Å². The van der Waals surface area contributed by atoms with Crippen molar-refractivity contribution in [3.63, 3.8) is 0 Å². The van der Waals surface area contributed by atoms with Crippen LogP contribution in [-0.4, -0.2) is 19.8 Å². The van der Waals surface area contributed by atoms with E-state index in [1.165, 1.54) is 0 Å². The molecule has 0 unspecified atom stereocenters. The highest BCUT2D eigenvalue weighted by Gasteiger charge is 2.05. The average Bonchev–Trinajstić information content (AvgIpc) is 2.31. The second-order valence-corrected chi connectivity index (χ2v) is 3.20. The molecule has 0 saturated carbocycles. The molecular weight excluding hydrogens is 204 g/mol. The SMILES string of the molecule is CCOc1cc(C#N)ccc1OCCCN. The Morgan fingerprint density at radius 2 is 2.12 bits per heavy atom. The first-order valence-electron chi connectivity index (χ1n) is 5.31. The molecule has 0 heterocycles. The van der Waals surface area contributed by atoms with Gasteiger partial charge in [0.1, 0.15) is 0 Å². The van der Waals surface area contributed by atoms with Gasteiger partial charge in [0.05, 0.1) is 24.8 Å². The van der Waals surface area contributed by atoms with Gasteiger partial charge < -0.3 is 15.2 Å². The first-order chi connectivity index (χ1) is 7.81. The van der Waals surface area contributed by atoms with Gasteiger partial charge in [-0.15, -0.1) is 0 Å². The lowest BCUT2D eigenvalue weighted by atomic mass is 10.2. The minimum absolute atomic E-state index is 0.544. The molecule has 0 aromatic heterocycles. The van der Waals surface area contributed by atoms with Gasteiger partial charge in [-0.05, 0) is 32.0 Å². The lowest BCUT2D eigenvalue weighted by molar-refractivity contribution is 0.275. The van der Waals surface area contributed by atoms with Crippen LogP contribution in [0.1, 0.15) is 18.9 Å². The smallest absolute Gasteiger partial charge is 0.162 e. The van der Waals surface area contributed by atoms with Crippen molar-refractivity contribution < 1.29 is 9.47 Å². The van der Waals surface area contributed by atoms with E-state index in [1.807, 2.05) is 6.92 Å². The Morgan fingerprint density at radius 1 is 1.31 bits per heavy atom. The molecule has 0 aliphatic rings. The summed E-state index contributed by atoms with van der Waals surface area (Å²) in [6.07, 6.45) is 0.797. The molecule has 1 aromatic carbocycles. The summed E-state index contributed by atoms with van der Waals surface area (Å²) in [4.78, 5) is 0. The lowest BCUT2D eigenvalue weighted by Gasteiger charge is -2.11. The van der Waals surface area contributed by atoms with Crippen LogP contribution in [0, 0.1) is 11.3 Å². The van der Waals surface area contributed by atoms with Crippen molar-refractivity contribution in [3.8, 4) is 17.6 Å². The summed E-state index contributed by atoms with van der Waals surface area (Å²) in [5, 5.41) is 8.77. The van der Waals surface area contributed by atoms with Crippen molar-refractivity contribution in [1.29, 1.82) is 5.26 Å². The molecule has 0 amide bonds. The van der Waals surface area contributed by atoms with Gasteiger partial charge in [-0.1, -0.05) is 0 Å². The third-order valence-electron chi connectivity index (χ3n) is 1.98. The summed E-state index contributed by atoms with van der Waals surface area (Å²) in [7, 11) is 0. The Balaban J connectivity index is 2.77. The van der Waals surface area contributed by atoms with Crippen molar-refractivity contribution in [2.24, 2.45) is 5.73 Å². The fourth-order valence-electron chi connectivity index (χ4n) is 1.23. The van der Waals surface area contributed by atoms with E-state index in [-0.39, 0.29) is 0 Å². The molecule has 4 heteroatoms. The van der Waals surface area contributed by atoms with Crippen LogP contribution >= 0.6 is 0 Å². The first kappa shape index (κ1) is 12.3. The van der Waals surface area contributed by atoms with Gasteiger partial charge >= 0.3 is 0 Å². The second kappa shape index (κ2) is 6.70. The van der Waals surface area contributed by atoms with Crippen LogP contribution in [-0.2, 0) is 0 Å². The molecule has 4 nitrogen and oxygen atoms in total. The first-order valence-corrected chi connectivity index (χ1v) is 5.31. The highest BCUT2D eigenvalue weighted by atomic mass is 16.5. The van der Waals surface area contributed by atoms with E-state index < -0.39 is 0 Å². The van der Waals surface area contributed by atoms with E-state index in [0.29, 0.717) is 36.8 Å². The summed E-state index contributed by atoms with van der Waals surface area (Å²) in [5.41, 5.74) is 5.95. The third-order valence-corrected chi connectivity index (χ3v) is 1.98. The molecule has 86 valence electrons. The van der Waals surface area contributed by atoms with E-state index in [1.54, 1.807) is 18.2 Å². The highest BCUT2D eigenvalue weighted by molar-refractivity contribution is 5.46. The predicted octanol–water partition coefficient (Wildman–Crippen LogP) is 1.68. The Morgan fingerprint density at radius 3 is 2.75 bits per heavy atom. The standard InChI is InChI=1S/C12H16N2O2/c1-2-15-12-8-10(9-14)4-5-11(12)16-7-3-6-13/h4-5,8H,2-3,6-7,13H2,1H3. The molecule has 0 fully saturated rings. The van der Waals surface area contributed by atoms with Crippen LogP contribution in [0.4, 0.5) is 0 Å². The Kier molecular flexibility index (Phi) is 5.17. The zero-order chi connectivity index (χ0) is 11.8. The molecule has 0 aliphatic heterocycles. The number of ether oxygens (including phenoxy) is 2. The fraction of sp³-hybridized carbons (Fsp3) is 0.417. The van der Waals surface area contributed by atoms with Crippen molar-refractivity contribution in [1.82, 2.24) is 0 Å². The van der Waals surface area contributed by atoms with Crippen molar-refractivity contribution in [3.05, 3.63) is 23.8 Å². The summed E-state index contributed by atoms with van der Waals surface area (Å²) in [6.45, 7) is 3.59. The van der Waals surface area contributed by atoms with Gasteiger partial charge in [0.2, 0.25) is 0 Å². The monoisotopic (exact) mass is 220 g/mol. The predicted molar refractivity (Wildman–Crippen MR) is 61.5 cm³/mol. The molecule has 0 bridgehead atoms. The summed E-state index contributed by atoms with van der Waals surface area (Å²) in [6, 6.07) is 7.21. The zero-order valence-electron chi connectivity index (χ0n) is 9.40. The largest absolute Gasteiger partial charge is 0.490 e. The topological polar surface area (TPSA) is 68.3 Å². The number of nitrogens with two attached hydrogens (primary N) is 1. The van der Waals surface area contributed by atoms with Crippen LogP contribution < -0.4 is 15.2 Å². The van der Waals surface area contributed by atoms with E-state index in [0.717, 1.165) is 6.42 Å². The summed E-state index contributed by atoms with van der Waals surface area (Å²) < 4.78 is 10.9. The molecule has 1 rings (SSSR count). The average molecular weight is 220 g/mol. The van der Waals surface area contributed by atoms with E-state index in [2.05, 4.69) is 6.07 Å². The van der Waals surface area contributed by atoms with Gasteiger partial charge in [-0.3, -0.25) is 0 Å². The van der Waals surface area contributed by atoms with Crippen molar-refractivity contribution in [2.75, 3.05) is 19.8 Å². The maximum absolute atomic E-state index is 8.77. The molecule has 0 spiro atoms. The molecule has 16 heavy (non-hydrogen) atoms. The molecule has 0 radical (unpaired) electrons. The number of hydrogen-bond acceptors (Lipinski definition) is 4. The normalized spacial score (nSPS) is 9.56. The molecular formula is C12H16N2O2. The van der Waals surface area contributed by atoms with Gasteiger partial charge in [0.25, 0.3) is 0 Å². The third kappa shape index (κ3) is 3.44. The maximum Gasteiger partial charge on any atom is 0.162 e. The van der Waals surface area contributed by atoms with Gasteiger partial charge in [0, 0.05) is 6.07 Å². The van der Waals surface area contributed by atoms with Crippen LogP contribution in [0.5, 0.6) is 11.5 Å². The minimum Gasteiger partial charge on any atom is -0.490 e. The zero-order valence-corrected chi connectivity index (χ0v) is 9.40. The van der Waals surface area contributed by atoms with Crippen LogP contribution in [0.2, 0.25) is 0 Å². The Labute approximate surface area is 95.6 Å². The number of nitriles is 1. The quantitative estimate of drug-likeness (QED) is 0.741. The Bertz CT molecular complexity index is 372. The maximum atomic E-state index is 8.77. The van der Waals surface area contributed by atoms with Gasteiger partial charge in [-0.25, -0.2) is 0 Å². The van der Waals surface area contributed by atoms with Crippen molar-refractivity contribution >= 4 is 0 Å². The second-order valence-electron chi connectivity index (χ2n) is 3.20. The molecule has 0 aliphatic carbocycles. The summed E-state index contributed by atoms with van der Waals surface area (Å²) in [5.74, 6) is 1.27. The highest BCUT2D eigenvalue weighted by Crippen LogP contribution is 2.28. The lowest BCUT2D eigenvalue weighted by Crippen LogP contribution is -2.07. The fourth-order valence-corrected chi connectivity index (χ4v) is 1.23.